The Balaban J connectivity index is 2.77. The molecular weight excluding hydrogens is 290 g/mol. The van der Waals surface area contributed by atoms with Gasteiger partial charge in [-0.2, -0.15) is 17.0 Å². The number of thioether (sulfide) groups is 1. The number of hydrogen-bond donors (Lipinski definition) is 1. The van der Waals surface area contributed by atoms with Gasteiger partial charge in [-0.15, -0.1) is 0 Å². The highest BCUT2D eigenvalue weighted by atomic mass is 32.2. The molecule has 1 aliphatic heterocycles. The Morgan fingerprint density at radius 3 is 2.81 bits per heavy atom. The van der Waals surface area contributed by atoms with Gasteiger partial charge in [-0.25, -0.2) is 4.79 Å². The third-order valence-corrected chi connectivity index (χ3v) is 4.32. The fourth-order valence-electron chi connectivity index (χ4n) is 2.35. The van der Waals surface area contributed by atoms with Crippen molar-refractivity contribution in [2.45, 2.75) is 32.7 Å². The number of urea groups is 1. The highest BCUT2D eigenvalue weighted by Crippen LogP contribution is 2.21. The van der Waals surface area contributed by atoms with E-state index < -0.39 is 5.97 Å². The number of carboxylic acid groups (broad SMARTS) is 1. The first-order valence-corrected chi connectivity index (χ1v) is 8.33. The molecule has 2 amide bonds. The van der Waals surface area contributed by atoms with Crippen LogP contribution in [0, 0.1) is 17.2 Å². The molecule has 1 atom stereocenters. The highest BCUT2D eigenvalue weighted by molar-refractivity contribution is 7.99. The summed E-state index contributed by atoms with van der Waals surface area (Å²) in [7, 11) is 0. The van der Waals surface area contributed by atoms with E-state index in [0.717, 1.165) is 5.75 Å². The quantitative estimate of drug-likeness (QED) is 0.809. The summed E-state index contributed by atoms with van der Waals surface area (Å²) in [5.74, 6) is 0.916. The molecule has 1 heterocycles. The van der Waals surface area contributed by atoms with Gasteiger partial charge in [-0.1, -0.05) is 13.8 Å². The Labute approximate surface area is 130 Å². The second-order valence-corrected chi connectivity index (χ2v) is 6.70. The molecule has 0 saturated carbocycles. The standard InChI is InChI=1S/C14H23N3O3S/c1-11(2)9-16(5-3-4-15)14(20)17-6-7-21-10-12(17)8-13(18)19/h11-12H,3,5-10H2,1-2H3,(H,18,19). The van der Waals surface area contributed by atoms with Gasteiger partial charge in [0.15, 0.2) is 0 Å². The summed E-state index contributed by atoms with van der Waals surface area (Å²) >= 11 is 1.68. The minimum atomic E-state index is -0.882. The molecule has 1 fully saturated rings. The van der Waals surface area contributed by atoms with Crippen molar-refractivity contribution >= 4 is 23.8 Å². The average molecular weight is 313 g/mol. The van der Waals surface area contributed by atoms with Crippen LogP contribution >= 0.6 is 11.8 Å². The second kappa shape index (κ2) is 8.78. The Morgan fingerprint density at radius 2 is 2.24 bits per heavy atom. The molecule has 1 aliphatic rings. The number of aliphatic carboxylic acids is 1. The summed E-state index contributed by atoms with van der Waals surface area (Å²) in [6.45, 7) is 5.60. The number of carbonyl (C=O) groups is 2. The zero-order valence-corrected chi connectivity index (χ0v) is 13.4. The van der Waals surface area contributed by atoms with Gasteiger partial charge < -0.3 is 14.9 Å². The molecule has 1 N–H and O–H groups in total. The van der Waals surface area contributed by atoms with Crippen LogP contribution in [0.1, 0.15) is 26.7 Å². The van der Waals surface area contributed by atoms with Gasteiger partial charge in [0.1, 0.15) is 0 Å². The van der Waals surface area contributed by atoms with Crippen LogP contribution < -0.4 is 0 Å². The molecule has 0 aromatic rings. The maximum absolute atomic E-state index is 12.7. The van der Waals surface area contributed by atoms with E-state index in [0.29, 0.717) is 37.7 Å². The summed E-state index contributed by atoms with van der Waals surface area (Å²) in [6.07, 6.45) is 0.275. The molecule has 0 aromatic carbocycles. The first-order valence-electron chi connectivity index (χ1n) is 7.17. The Bertz CT molecular complexity index is 409. The third kappa shape index (κ3) is 5.84. The molecule has 21 heavy (non-hydrogen) atoms. The van der Waals surface area contributed by atoms with Gasteiger partial charge in [0.2, 0.25) is 0 Å². The predicted octanol–water partition coefficient (Wildman–Crippen LogP) is 1.87. The van der Waals surface area contributed by atoms with Crippen molar-refractivity contribution in [3.63, 3.8) is 0 Å². The zero-order valence-electron chi connectivity index (χ0n) is 12.6. The van der Waals surface area contributed by atoms with Crippen molar-refractivity contribution in [2.24, 2.45) is 5.92 Å². The van der Waals surface area contributed by atoms with Crippen LogP contribution in [0.3, 0.4) is 0 Å². The molecule has 0 bridgehead atoms. The molecule has 1 unspecified atom stereocenters. The summed E-state index contributed by atoms with van der Waals surface area (Å²) in [6, 6.07) is 1.67. The number of rotatable bonds is 6. The van der Waals surface area contributed by atoms with Crippen molar-refractivity contribution in [1.82, 2.24) is 9.80 Å². The molecule has 118 valence electrons. The normalized spacial score (nSPS) is 18.4. The number of carboxylic acids is 1. The Hall–Kier alpha value is -1.42. The summed E-state index contributed by atoms with van der Waals surface area (Å²) in [4.78, 5) is 27.0. The van der Waals surface area contributed by atoms with Gasteiger partial charge in [0.05, 0.1) is 25.0 Å². The van der Waals surface area contributed by atoms with Crippen molar-refractivity contribution in [2.75, 3.05) is 31.1 Å². The molecule has 6 nitrogen and oxygen atoms in total. The van der Waals surface area contributed by atoms with Crippen LogP contribution in [0.15, 0.2) is 0 Å². The van der Waals surface area contributed by atoms with E-state index in [-0.39, 0.29) is 18.5 Å². The molecule has 1 rings (SSSR count). The SMILES string of the molecule is CC(C)CN(CCC#N)C(=O)N1CCSCC1CC(=O)O. The number of carbonyl (C=O) groups excluding carboxylic acids is 1. The minimum Gasteiger partial charge on any atom is -0.481 e. The lowest BCUT2D eigenvalue weighted by molar-refractivity contribution is -0.138. The van der Waals surface area contributed by atoms with Gasteiger partial charge in [-0.3, -0.25) is 4.79 Å². The van der Waals surface area contributed by atoms with Gasteiger partial charge in [0.25, 0.3) is 0 Å². The maximum Gasteiger partial charge on any atom is 0.320 e. The molecule has 0 radical (unpaired) electrons. The monoisotopic (exact) mass is 313 g/mol. The van der Waals surface area contributed by atoms with Crippen molar-refractivity contribution in [1.29, 1.82) is 5.26 Å². The van der Waals surface area contributed by atoms with E-state index >= 15 is 0 Å². The number of nitriles is 1. The van der Waals surface area contributed by atoms with Crippen LogP contribution in [0.2, 0.25) is 0 Å². The van der Waals surface area contributed by atoms with E-state index in [1.54, 1.807) is 21.6 Å². The van der Waals surface area contributed by atoms with Crippen LogP contribution in [-0.2, 0) is 4.79 Å². The van der Waals surface area contributed by atoms with Gasteiger partial charge in [-0.05, 0) is 5.92 Å². The fraction of sp³-hybridized carbons (Fsp3) is 0.786. The average Bonchev–Trinajstić information content (AvgIpc) is 2.42. The van der Waals surface area contributed by atoms with Gasteiger partial charge in [0, 0.05) is 31.1 Å². The minimum absolute atomic E-state index is 0.0213. The topological polar surface area (TPSA) is 84.6 Å². The predicted molar refractivity (Wildman–Crippen MR) is 82.1 cm³/mol. The lowest BCUT2D eigenvalue weighted by Gasteiger charge is -2.38. The smallest absolute Gasteiger partial charge is 0.320 e. The summed E-state index contributed by atoms with van der Waals surface area (Å²) in [5.41, 5.74) is 0. The summed E-state index contributed by atoms with van der Waals surface area (Å²) < 4.78 is 0. The number of nitrogens with zero attached hydrogens (tertiary/aromatic N) is 3. The van der Waals surface area contributed by atoms with E-state index in [4.69, 9.17) is 10.4 Å². The van der Waals surface area contributed by atoms with E-state index in [1.807, 2.05) is 13.8 Å². The van der Waals surface area contributed by atoms with Crippen LogP contribution in [0.5, 0.6) is 0 Å². The van der Waals surface area contributed by atoms with Crippen LogP contribution in [0.4, 0.5) is 4.79 Å². The van der Waals surface area contributed by atoms with E-state index in [1.165, 1.54) is 0 Å². The molecule has 1 saturated heterocycles. The Morgan fingerprint density at radius 1 is 1.52 bits per heavy atom. The Kier molecular flexibility index (Phi) is 7.37. The van der Waals surface area contributed by atoms with Crippen LogP contribution in [-0.4, -0.2) is 64.1 Å². The van der Waals surface area contributed by atoms with Gasteiger partial charge >= 0.3 is 12.0 Å². The second-order valence-electron chi connectivity index (χ2n) is 5.55. The lowest BCUT2D eigenvalue weighted by atomic mass is 10.2. The maximum atomic E-state index is 12.7. The first-order chi connectivity index (χ1) is 9.95. The zero-order chi connectivity index (χ0) is 15.8. The van der Waals surface area contributed by atoms with E-state index in [2.05, 4.69) is 6.07 Å². The number of amides is 2. The first kappa shape index (κ1) is 17.6. The van der Waals surface area contributed by atoms with Crippen molar-refractivity contribution in [3.8, 4) is 6.07 Å². The molecule has 0 spiro atoms. The molecule has 7 heteroatoms. The molecule has 0 aromatic heterocycles. The van der Waals surface area contributed by atoms with Crippen LogP contribution in [0.25, 0.3) is 0 Å². The van der Waals surface area contributed by atoms with Crippen molar-refractivity contribution < 1.29 is 14.7 Å². The third-order valence-electron chi connectivity index (χ3n) is 3.23. The fourth-order valence-corrected chi connectivity index (χ4v) is 3.41. The molecular formula is C14H23N3O3S. The van der Waals surface area contributed by atoms with Crippen molar-refractivity contribution in [3.05, 3.63) is 0 Å². The largest absolute Gasteiger partial charge is 0.481 e. The lowest BCUT2D eigenvalue weighted by Crippen LogP contribution is -2.53. The highest BCUT2D eigenvalue weighted by Gasteiger charge is 2.31. The van der Waals surface area contributed by atoms with E-state index in [9.17, 15) is 9.59 Å². The summed E-state index contributed by atoms with van der Waals surface area (Å²) in [5, 5.41) is 17.7. The molecule has 0 aliphatic carbocycles. The number of hydrogen-bond acceptors (Lipinski definition) is 4.